The second-order valence-electron chi connectivity index (χ2n) is 6.88. The smallest absolute Gasteiger partial charge is 0.282 e. The Morgan fingerprint density at radius 3 is 2.48 bits per heavy atom. The van der Waals surface area contributed by atoms with Gasteiger partial charge in [0.2, 0.25) is 5.95 Å². The first-order chi connectivity index (χ1) is 13.8. The van der Waals surface area contributed by atoms with Gasteiger partial charge in [0.05, 0.1) is 24.2 Å². The quantitative estimate of drug-likeness (QED) is 0.733. The summed E-state index contributed by atoms with van der Waals surface area (Å²) in [5, 5.41) is 3.14. The lowest BCUT2D eigenvalue weighted by Crippen LogP contribution is -2.49. The van der Waals surface area contributed by atoms with E-state index in [1.54, 1.807) is 6.20 Å². The lowest BCUT2D eigenvalue weighted by atomic mass is 10.2. The normalized spacial score (nSPS) is 18.2. The number of hydrogen-bond donors (Lipinski definition) is 1. The summed E-state index contributed by atoms with van der Waals surface area (Å²) in [6.45, 7) is 9.33. The zero-order chi connectivity index (χ0) is 21.0. The molecule has 3 heterocycles. The molecule has 0 amide bonds. The molecule has 0 aromatic carbocycles. The van der Waals surface area contributed by atoms with Gasteiger partial charge in [0, 0.05) is 37.6 Å². The van der Waals surface area contributed by atoms with Crippen LogP contribution in [0.1, 0.15) is 37.0 Å². The molecule has 0 spiro atoms. The molecule has 2 aromatic rings. The first-order valence-corrected chi connectivity index (χ1v) is 11.1. The molecule has 0 saturated carbocycles. The van der Waals surface area contributed by atoms with Crippen LogP contribution in [0.3, 0.4) is 0 Å². The molecule has 1 N–H and O–H groups in total. The second kappa shape index (κ2) is 9.12. The van der Waals surface area contributed by atoms with Crippen molar-refractivity contribution in [2.75, 3.05) is 38.1 Å². The van der Waals surface area contributed by atoms with E-state index in [4.69, 9.17) is 4.74 Å². The molecule has 9 nitrogen and oxygen atoms in total. The van der Waals surface area contributed by atoms with Gasteiger partial charge in [0.1, 0.15) is 6.10 Å². The fourth-order valence-electron chi connectivity index (χ4n) is 3.31. The largest absolute Gasteiger partial charge is 0.369 e. The highest BCUT2D eigenvalue weighted by Gasteiger charge is 2.33. The van der Waals surface area contributed by atoms with Crippen LogP contribution < -0.4 is 5.32 Å². The Bertz CT molecular complexity index is 911. The van der Waals surface area contributed by atoms with Gasteiger partial charge in [-0.05, 0) is 32.0 Å². The molecule has 10 heteroatoms. The molecular weight excluding hydrogens is 392 g/mol. The van der Waals surface area contributed by atoms with E-state index < -0.39 is 16.3 Å². The van der Waals surface area contributed by atoms with Crippen LogP contribution in [0, 0.1) is 13.8 Å². The summed E-state index contributed by atoms with van der Waals surface area (Å²) in [7, 11) is -3.49. The van der Waals surface area contributed by atoms with Crippen molar-refractivity contribution in [3.05, 3.63) is 41.5 Å². The molecule has 158 valence electrons. The van der Waals surface area contributed by atoms with E-state index in [1.165, 1.54) is 8.61 Å². The summed E-state index contributed by atoms with van der Waals surface area (Å²) in [6.07, 6.45) is 1.28. The average molecular weight is 421 g/mol. The summed E-state index contributed by atoms with van der Waals surface area (Å²) in [4.78, 5) is 13.2. The van der Waals surface area contributed by atoms with Crippen molar-refractivity contribution in [2.45, 2.75) is 33.8 Å². The number of nitrogens with one attached hydrogen (secondary N) is 1. The van der Waals surface area contributed by atoms with Crippen molar-refractivity contribution in [1.82, 2.24) is 23.6 Å². The van der Waals surface area contributed by atoms with E-state index >= 15 is 0 Å². The minimum atomic E-state index is -3.49. The summed E-state index contributed by atoms with van der Waals surface area (Å²) < 4.78 is 34.3. The van der Waals surface area contributed by atoms with Crippen molar-refractivity contribution < 1.29 is 13.2 Å². The van der Waals surface area contributed by atoms with Crippen LogP contribution in [0.5, 0.6) is 0 Å². The molecular formula is C19H28N6O3S. The molecule has 1 atom stereocenters. The van der Waals surface area contributed by atoms with Gasteiger partial charge in [-0.15, -0.1) is 0 Å². The number of aromatic nitrogens is 3. The molecule has 1 fully saturated rings. The maximum Gasteiger partial charge on any atom is 0.282 e. The highest BCUT2D eigenvalue weighted by atomic mass is 32.2. The molecule has 0 unspecified atom stereocenters. The van der Waals surface area contributed by atoms with Gasteiger partial charge < -0.3 is 10.1 Å². The van der Waals surface area contributed by atoms with Gasteiger partial charge in [-0.2, -0.15) is 17.0 Å². The number of anilines is 2. The number of hydrogen-bond acceptors (Lipinski definition) is 7. The third-order valence-electron chi connectivity index (χ3n) is 4.74. The summed E-state index contributed by atoms with van der Waals surface area (Å²) in [6, 6.07) is 5.61. The van der Waals surface area contributed by atoms with Crippen LogP contribution in [-0.4, -0.2) is 64.8 Å². The van der Waals surface area contributed by atoms with E-state index in [9.17, 15) is 8.42 Å². The Balaban J connectivity index is 1.71. The average Bonchev–Trinajstić information content (AvgIpc) is 2.68. The Morgan fingerprint density at radius 1 is 1.21 bits per heavy atom. The van der Waals surface area contributed by atoms with Crippen molar-refractivity contribution >= 4 is 21.8 Å². The van der Waals surface area contributed by atoms with E-state index in [-0.39, 0.29) is 6.54 Å². The zero-order valence-corrected chi connectivity index (χ0v) is 18.1. The molecule has 0 radical (unpaired) electrons. The maximum atomic E-state index is 12.8. The first-order valence-electron chi connectivity index (χ1n) is 9.75. The van der Waals surface area contributed by atoms with Crippen LogP contribution in [-0.2, 0) is 14.9 Å². The van der Waals surface area contributed by atoms with Crippen LogP contribution in [0.4, 0.5) is 11.6 Å². The first kappa shape index (κ1) is 21.6. The van der Waals surface area contributed by atoms with E-state index in [0.29, 0.717) is 37.9 Å². The summed E-state index contributed by atoms with van der Waals surface area (Å²) in [5.74, 6) is 0.516. The highest BCUT2D eigenvalue weighted by Crippen LogP contribution is 2.25. The third-order valence-corrected chi connectivity index (χ3v) is 6.90. The van der Waals surface area contributed by atoms with Crippen molar-refractivity contribution in [1.29, 1.82) is 0 Å². The SMILES string of the molecule is CCN(CC)S(=O)(=O)N1CCO[C@H](c2ccc(Nc3nc(C)cc(C)n3)cn2)C1. The van der Waals surface area contributed by atoms with Gasteiger partial charge in [0.15, 0.2) is 0 Å². The topological polar surface area (TPSA) is 101 Å². The number of pyridine rings is 1. The van der Waals surface area contributed by atoms with Crippen LogP contribution in [0.15, 0.2) is 24.4 Å². The van der Waals surface area contributed by atoms with Crippen LogP contribution in [0.2, 0.25) is 0 Å². The minimum absolute atomic E-state index is 0.249. The highest BCUT2D eigenvalue weighted by molar-refractivity contribution is 7.86. The molecule has 1 aliphatic rings. The fourth-order valence-corrected chi connectivity index (χ4v) is 4.92. The van der Waals surface area contributed by atoms with E-state index in [1.807, 2.05) is 45.9 Å². The lowest BCUT2D eigenvalue weighted by Gasteiger charge is -2.34. The van der Waals surface area contributed by atoms with Crippen molar-refractivity contribution in [3.8, 4) is 0 Å². The maximum absolute atomic E-state index is 12.8. The van der Waals surface area contributed by atoms with Crippen molar-refractivity contribution in [3.63, 3.8) is 0 Å². The van der Waals surface area contributed by atoms with Gasteiger partial charge in [-0.1, -0.05) is 13.8 Å². The predicted octanol–water partition coefficient (Wildman–Crippen LogP) is 2.19. The lowest BCUT2D eigenvalue weighted by molar-refractivity contribution is -0.00657. The Hall–Kier alpha value is -2.14. The number of rotatable bonds is 7. The predicted molar refractivity (Wildman–Crippen MR) is 111 cm³/mol. The zero-order valence-electron chi connectivity index (χ0n) is 17.3. The minimum Gasteiger partial charge on any atom is -0.369 e. The molecule has 1 aliphatic heterocycles. The summed E-state index contributed by atoms with van der Waals surface area (Å²) >= 11 is 0. The fraction of sp³-hybridized carbons (Fsp3) is 0.526. The van der Waals surface area contributed by atoms with Gasteiger partial charge in [-0.25, -0.2) is 9.97 Å². The van der Waals surface area contributed by atoms with Gasteiger partial charge >= 0.3 is 0 Å². The van der Waals surface area contributed by atoms with Crippen LogP contribution in [0.25, 0.3) is 0 Å². The Kier molecular flexibility index (Phi) is 6.78. The number of morpholine rings is 1. The van der Waals surface area contributed by atoms with Gasteiger partial charge in [0.25, 0.3) is 10.2 Å². The molecule has 2 aromatic heterocycles. The molecule has 0 aliphatic carbocycles. The second-order valence-corrected chi connectivity index (χ2v) is 8.81. The third kappa shape index (κ3) is 5.08. The number of aryl methyl sites for hydroxylation is 2. The standard InChI is InChI=1S/C19H28N6O3S/c1-5-24(6-2)29(26,27)25-9-10-28-18(13-25)17-8-7-16(12-20-17)23-19-21-14(3)11-15(4)22-19/h7-8,11-12,18H,5-6,9-10,13H2,1-4H3,(H,21,22,23)/t18-/m0/s1. The van der Waals surface area contributed by atoms with Gasteiger partial charge in [-0.3, -0.25) is 4.98 Å². The number of nitrogens with zero attached hydrogens (tertiary/aromatic N) is 5. The van der Waals surface area contributed by atoms with E-state index in [2.05, 4.69) is 20.3 Å². The number of ether oxygens (including phenoxy) is 1. The molecule has 29 heavy (non-hydrogen) atoms. The Morgan fingerprint density at radius 2 is 1.90 bits per heavy atom. The molecule has 1 saturated heterocycles. The van der Waals surface area contributed by atoms with Crippen LogP contribution >= 0.6 is 0 Å². The summed E-state index contributed by atoms with van der Waals surface area (Å²) in [5.41, 5.74) is 3.21. The Labute approximate surface area is 172 Å². The monoisotopic (exact) mass is 420 g/mol. The molecule has 0 bridgehead atoms. The molecule has 3 rings (SSSR count). The van der Waals surface area contributed by atoms with Crippen molar-refractivity contribution in [2.24, 2.45) is 0 Å². The van der Waals surface area contributed by atoms with E-state index in [0.717, 1.165) is 17.1 Å².